The third-order valence-corrected chi connectivity index (χ3v) is 3.09. The second-order valence-corrected chi connectivity index (χ2v) is 4.67. The molecule has 1 atom stereocenters. The maximum atomic E-state index is 9.26. The van der Waals surface area contributed by atoms with Crippen LogP contribution in [-0.4, -0.2) is 20.1 Å². The van der Waals surface area contributed by atoms with Gasteiger partial charge in [-0.25, -0.2) is 4.99 Å². The Kier molecular flexibility index (Phi) is 3.96. The van der Waals surface area contributed by atoms with Gasteiger partial charge in [-0.3, -0.25) is 5.32 Å². The zero-order chi connectivity index (χ0) is 15.4. The van der Waals surface area contributed by atoms with Gasteiger partial charge in [-0.05, 0) is 17.7 Å². The van der Waals surface area contributed by atoms with Gasteiger partial charge in [0.15, 0.2) is 6.19 Å². The molecular weight excluding hydrogens is 266 g/mol. The van der Waals surface area contributed by atoms with E-state index < -0.39 is 6.04 Å². The van der Waals surface area contributed by atoms with Crippen LogP contribution in [0.4, 0.5) is 5.69 Å². The van der Waals surface area contributed by atoms with Crippen LogP contribution < -0.4 is 21.3 Å². The minimum Gasteiger partial charge on any atom is -0.384 e. The number of hydrogen-bond acceptors (Lipinski definition) is 7. The molecule has 7 heteroatoms. The summed E-state index contributed by atoms with van der Waals surface area (Å²) in [4.78, 5) is 6.30. The van der Waals surface area contributed by atoms with E-state index >= 15 is 0 Å². The quantitative estimate of drug-likeness (QED) is 0.538. The Balaban J connectivity index is 2.40. The smallest absolute Gasteiger partial charge is 0.211 e. The molecule has 4 N–H and O–H groups in total. The first-order valence-corrected chi connectivity index (χ1v) is 6.23. The van der Waals surface area contributed by atoms with Crippen LogP contribution in [0.2, 0.25) is 0 Å². The molecule has 2 rings (SSSR count). The van der Waals surface area contributed by atoms with Gasteiger partial charge in [0.2, 0.25) is 5.96 Å². The lowest BCUT2D eigenvalue weighted by Gasteiger charge is -2.22. The number of nitriles is 2. The van der Waals surface area contributed by atoms with Crippen LogP contribution in [0.5, 0.6) is 0 Å². The summed E-state index contributed by atoms with van der Waals surface area (Å²) in [5.41, 5.74) is 8.03. The fourth-order valence-electron chi connectivity index (χ4n) is 2.00. The highest BCUT2D eigenvalue weighted by atomic mass is 15.2. The summed E-state index contributed by atoms with van der Waals surface area (Å²) >= 11 is 0. The van der Waals surface area contributed by atoms with E-state index in [2.05, 4.69) is 21.7 Å². The van der Waals surface area contributed by atoms with Crippen molar-refractivity contribution < 1.29 is 0 Å². The van der Waals surface area contributed by atoms with Crippen molar-refractivity contribution in [2.75, 3.05) is 19.0 Å². The second kappa shape index (κ2) is 5.85. The number of benzene rings is 1. The van der Waals surface area contributed by atoms with Crippen LogP contribution in [0.1, 0.15) is 11.6 Å². The molecule has 1 aliphatic rings. The molecule has 1 aromatic rings. The number of anilines is 1. The minimum atomic E-state index is -0.525. The SMILES string of the molecule is CN(C)c1ccc(C2N=C(NC#N)NC(N)=C2C#N)cc1. The fourth-order valence-corrected chi connectivity index (χ4v) is 2.00. The molecule has 0 bridgehead atoms. The summed E-state index contributed by atoms with van der Waals surface area (Å²) < 4.78 is 0. The van der Waals surface area contributed by atoms with E-state index in [-0.39, 0.29) is 11.8 Å². The Labute approximate surface area is 123 Å². The molecule has 106 valence electrons. The number of nitrogens with zero attached hydrogens (tertiary/aromatic N) is 4. The van der Waals surface area contributed by atoms with Crippen LogP contribution in [-0.2, 0) is 0 Å². The third-order valence-electron chi connectivity index (χ3n) is 3.09. The van der Waals surface area contributed by atoms with Gasteiger partial charge in [0.25, 0.3) is 0 Å². The molecule has 0 saturated heterocycles. The van der Waals surface area contributed by atoms with Crippen molar-refractivity contribution in [3.05, 3.63) is 41.2 Å². The average molecular weight is 281 g/mol. The van der Waals surface area contributed by atoms with Crippen LogP contribution in [0.3, 0.4) is 0 Å². The number of rotatable bonds is 2. The highest BCUT2D eigenvalue weighted by molar-refractivity contribution is 5.84. The van der Waals surface area contributed by atoms with Gasteiger partial charge >= 0.3 is 0 Å². The number of hydrogen-bond donors (Lipinski definition) is 3. The van der Waals surface area contributed by atoms with Crippen LogP contribution in [0.15, 0.2) is 40.7 Å². The lowest BCUT2D eigenvalue weighted by atomic mass is 9.98. The van der Waals surface area contributed by atoms with E-state index in [0.29, 0.717) is 5.57 Å². The van der Waals surface area contributed by atoms with E-state index in [9.17, 15) is 5.26 Å². The van der Waals surface area contributed by atoms with Gasteiger partial charge in [0.1, 0.15) is 17.9 Å². The van der Waals surface area contributed by atoms with Crippen molar-refractivity contribution in [3.8, 4) is 12.3 Å². The van der Waals surface area contributed by atoms with Crippen molar-refractivity contribution in [1.29, 1.82) is 10.5 Å². The lowest BCUT2D eigenvalue weighted by molar-refractivity contribution is 0.785. The number of aliphatic imine (C=N–C) groups is 1. The maximum Gasteiger partial charge on any atom is 0.211 e. The Morgan fingerprint density at radius 2 is 1.95 bits per heavy atom. The third kappa shape index (κ3) is 2.88. The monoisotopic (exact) mass is 281 g/mol. The van der Waals surface area contributed by atoms with E-state index in [1.54, 1.807) is 6.19 Å². The van der Waals surface area contributed by atoms with Crippen molar-refractivity contribution >= 4 is 11.6 Å². The van der Waals surface area contributed by atoms with Gasteiger partial charge < -0.3 is 16.0 Å². The molecule has 0 radical (unpaired) electrons. The summed E-state index contributed by atoms with van der Waals surface area (Å²) in [5.74, 6) is 0.433. The molecule has 0 fully saturated rings. The topological polar surface area (TPSA) is 113 Å². The summed E-state index contributed by atoms with van der Waals surface area (Å²) in [6, 6.07) is 9.21. The molecule has 1 heterocycles. The molecule has 0 spiro atoms. The zero-order valence-corrected chi connectivity index (χ0v) is 11.8. The highest BCUT2D eigenvalue weighted by Gasteiger charge is 2.24. The first-order valence-electron chi connectivity index (χ1n) is 6.23. The number of nitrogens with two attached hydrogens (primary N) is 1. The summed E-state index contributed by atoms with van der Waals surface area (Å²) in [7, 11) is 3.90. The normalized spacial score (nSPS) is 17.1. The predicted octanol–water partition coefficient (Wildman–Crippen LogP) is 0.517. The Bertz CT molecular complexity index is 671. The molecule has 0 amide bonds. The molecule has 7 nitrogen and oxygen atoms in total. The van der Waals surface area contributed by atoms with Gasteiger partial charge in [-0.1, -0.05) is 12.1 Å². The van der Waals surface area contributed by atoms with Crippen LogP contribution in [0.25, 0.3) is 0 Å². The first-order chi connectivity index (χ1) is 10.1. The van der Waals surface area contributed by atoms with Gasteiger partial charge in [0, 0.05) is 19.8 Å². The molecule has 0 saturated carbocycles. The summed E-state index contributed by atoms with van der Waals surface area (Å²) in [6.45, 7) is 0. The molecule has 0 aromatic heterocycles. The molecule has 0 aliphatic carbocycles. The van der Waals surface area contributed by atoms with Crippen LogP contribution >= 0.6 is 0 Å². The van der Waals surface area contributed by atoms with Crippen LogP contribution in [0, 0.1) is 22.8 Å². The lowest BCUT2D eigenvalue weighted by Crippen LogP contribution is -2.41. The summed E-state index contributed by atoms with van der Waals surface area (Å²) in [6.07, 6.45) is 1.78. The van der Waals surface area contributed by atoms with E-state index in [4.69, 9.17) is 11.0 Å². The average Bonchev–Trinajstić information content (AvgIpc) is 2.47. The highest BCUT2D eigenvalue weighted by Crippen LogP contribution is 2.29. The maximum absolute atomic E-state index is 9.26. The predicted molar refractivity (Wildman–Crippen MR) is 79.7 cm³/mol. The van der Waals surface area contributed by atoms with E-state index in [1.165, 1.54) is 0 Å². The Hall–Kier alpha value is -3.19. The van der Waals surface area contributed by atoms with Crippen molar-refractivity contribution in [2.45, 2.75) is 6.04 Å². The van der Waals surface area contributed by atoms with Crippen molar-refractivity contribution in [1.82, 2.24) is 10.6 Å². The number of nitrogens with one attached hydrogen (secondary N) is 2. The largest absolute Gasteiger partial charge is 0.384 e. The van der Waals surface area contributed by atoms with Gasteiger partial charge in [-0.2, -0.15) is 10.5 Å². The van der Waals surface area contributed by atoms with Gasteiger partial charge in [-0.15, -0.1) is 0 Å². The molecule has 1 unspecified atom stereocenters. The molecule has 1 aliphatic heterocycles. The molecule has 21 heavy (non-hydrogen) atoms. The minimum absolute atomic E-state index is 0.201. The van der Waals surface area contributed by atoms with Crippen molar-refractivity contribution in [3.63, 3.8) is 0 Å². The first kappa shape index (κ1) is 14.2. The second-order valence-electron chi connectivity index (χ2n) is 4.67. The van der Waals surface area contributed by atoms with Gasteiger partial charge in [0.05, 0.1) is 5.57 Å². The standard InChI is InChI=1S/C14H15N7/c1-21(2)10-5-3-9(4-6-10)12-11(7-15)13(17)20-14(19-12)18-8-16/h3-6,12H,17H2,1-2H3,(H2,18,19,20). The van der Waals surface area contributed by atoms with Crippen molar-refractivity contribution in [2.24, 2.45) is 10.7 Å². The molecule has 1 aromatic carbocycles. The van der Waals surface area contributed by atoms with E-state index in [1.807, 2.05) is 43.3 Å². The summed E-state index contributed by atoms with van der Waals surface area (Å²) in [5, 5.41) is 23.0. The number of guanidine groups is 1. The Morgan fingerprint density at radius 1 is 1.29 bits per heavy atom. The van der Waals surface area contributed by atoms with E-state index in [0.717, 1.165) is 11.3 Å². The molecular formula is C14H15N7. The zero-order valence-electron chi connectivity index (χ0n) is 11.8. The Morgan fingerprint density at radius 3 is 2.48 bits per heavy atom. The fraction of sp³-hybridized carbons (Fsp3) is 0.214.